The van der Waals surface area contributed by atoms with Gasteiger partial charge >= 0.3 is 0 Å². The number of ether oxygens (including phenoxy) is 1. The highest BCUT2D eigenvalue weighted by Crippen LogP contribution is 2.35. The summed E-state index contributed by atoms with van der Waals surface area (Å²) in [5.41, 5.74) is 1.10. The van der Waals surface area contributed by atoms with Gasteiger partial charge in [-0.2, -0.15) is 5.10 Å². The molecule has 0 saturated heterocycles. The molecule has 0 N–H and O–H groups in total. The molecule has 0 aliphatic rings. The van der Waals surface area contributed by atoms with Crippen LogP contribution in [0.15, 0.2) is 6.20 Å². The van der Waals surface area contributed by atoms with Crippen LogP contribution in [0.1, 0.15) is 39.8 Å². The van der Waals surface area contributed by atoms with E-state index in [4.69, 9.17) is 16.3 Å². The van der Waals surface area contributed by atoms with E-state index >= 15 is 0 Å². The summed E-state index contributed by atoms with van der Waals surface area (Å²) in [6, 6.07) is 0. The third-order valence-electron chi connectivity index (χ3n) is 2.76. The zero-order chi connectivity index (χ0) is 12.3. The van der Waals surface area contributed by atoms with Crippen LogP contribution in [0.4, 0.5) is 0 Å². The summed E-state index contributed by atoms with van der Waals surface area (Å²) in [4.78, 5) is 0. The van der Waals surface area contributed by atoms with Crippen LogP contribution in [0.5, 0.6) is 5.75 Å². The fourth-order valence-electron chi connectivity index (χ4n) is 2.24. The van der Waals surface area contributed by atoms with E-state index in [1.54, 1.807) is 13.3 Å². The molecular weight excluding hydrogens is 224 g/mol. The molecule has 3 nitrogen and oxygen atoms in total. The van der Waals surface area contributed by atoms with Gasteiger partial charge < -0.3 is 4.74 Å². The average Bonchev–Trinajstić information content (AvgIpc) is 2.58. The summed E-state index contributed by atoms with van der Waals surface area (Å²) in [5, 5.41) is 4.47. The highest BCUT2D eigenvalue weighted by molar-refractivity contribution is 6.20. The number of hydrogen-bond acceptors (Lipinski definition) is 2. The van der Waals surface area contributed by atoms with Crippen molar-refractivity contribution in [3.63, 3.8) is 0 Å². The average molecular weight is 245 g/mol. The first-order chi connectivity index (χ1) is 7.42. The van der Waals surface area contributed by atoms with E-state index in [1.807, 2.05) is 11.6 Å². The first-order valence-corrected chi connectivity index (χ1v) is 6.10. The van der Waals surface area contributed by atoms with Gasteiger partial charge in [-0.05, 0) is 20.3 Å². The molecule has 1 heterocycles. The van der Waals surface area contributed by atoms with Crippen LogP contribution in [0.25, 0.3) is 0 Å². The lowest BCUT2D eigenvalue weighted by Crippen LogP contribution is -2.25. The Labute approximate surface area is 103 Å². The molecule has 0 saturated carbocycles. The molecule has 1 aromatic rings. The van der Waals surface area contributed by atoms with Crippen molar-refractivity contribution in [3.8, 4) is 5.75 Å². The normalized spacial score (nSPS) is 13.9. The number of hydrogen-bond donors (Lipinski definition) is 0. The van der Waals surface area contributed by atoms with Gasteiger partial charge in [-0.3, -0.25) is 4.68 Å². The first kappa shape index (κ1) is 13.4. The van der Waals surface area contributed by atoms with Crippen LogP contribution in [0.3, 0.4) is 0 Å². The number of aryl methyl sites for hydroxylation is 1. The topological polar surface area (TPSA) is 27.1 Å². The van der Waals surface area contributed by atoms with Crippen molar-refractivity contribution in [3.05, 3.63) is 11.9 Å². The van der Waals surface area contributed by atoms with E-state index in [2.05, 4.69) is 25.9 Å². The molecule has 0 aliphatic heterocycles. The van der Waals surface area contributed by atoms with Crippen LogP contribution in [0, 0.1) is 0 Å². The Balaban J connectivity index is 3.12. The summed E-state index contributed by atoms with van der Waals surface area (Å²) in [6.07, 6.45) is 2.68. The number of rotatable bonds is 5. The fraction of sp³-hybridized carbons (Fsp3) is 0.750. The summed E-state index contributed by atoms with van der Waals surface area (Å²) in [6.45, 7) is 9.30. The summed E-state index contributed by atoms with van der Waals surface area (Å²) in [5.74, 6) is 0.851. The van der Waals surface area contributed by atoms with Crippen molar-refractivity contribution in [1.82, 2.24) is 9.78 Å². The lowest BCUT2D eigenvalue weighted by molar-refractivity contribution is 0.369. The van der Waals surface area contributed by atoms with Crippen molar-refractivity contribution in [2.24, 2.45) is 0 Å². The number of nitrogens with zero attached hydrogens (tertiary/aromatic N) is 2. The van der Waals surface area contributed by atoms with E-state index in [9.17, 15) is 0 Å². The molecular formula is C12H21ClN2O. The second-order valence-corrected chi connectivity index (χ2v) is 5.49. The summed E-state index contributed by atoms with van der Waals surface area (Å²) in [7, 11) is 1.68. The number of methoxy groups -OCH3 is 1. The lowest BCUT2D eigenvalue weighted by atomic mass is 9.84. The maximum atomic E-state index is 6.10. The second-order valence-electron chi connectivity index (χ2n) is 4.75. The second kappa shape index (κ2) is 5.09. The van der Waals surface area contributed by atoms with Gasteiger partial charge in [0.25, 0.3) is 0 Å². The van der Waals surface area contributed by atoms with Gasteiger partial charge in [-0.25, -0.2) is 0 Å². The molecule has 1 aromatic heterocycles. The number of halogens is 1. The first-order valence-electron chi connectivity index (χ1n) is 5.66. The Morgan fingerprint density at radius 1 is 1.56 bits per heavy atom. The van der Waals surface area contributed by atoms with Crippen molar-refractivity contribution in [2.45, 2.75) is 51.5 Å². The molecule has 1 unspecified atom stereocenters. The Morgan fingerprint density at radius 2 is 2.19 bits per heavy atom. The summed E-state index contributed by atoms with van der Waals surface area (Å²) >= 11 is 6.10. The maximum Gasteiger partial charge on any atom is 0.160 e. The maximum absolute atomic E-state index is 6.10. The fourth-order valence-corrected chi connectivity index (χ4v) is 2.63. The zero-order valence-electron chi connectivity index (χ0n) is 10.7. The quantitative estimate of drug-likeness (QED) is 0.744. The van der Waals surface area contributed by atoms with Gasteiger partial charge in [0.1, 0.15) is 0 Å². The van der Waals surface area contributed by atoms with Gasteiger partial charge in [-0.15, -0.1) is 11.6 Å². The minimum Gasteiger partial charge on any atom is -0.493 e. The monoisotopic (exact) mass is 244 g/mol. The van der Waals surface area contributed by atoms with Gasteiger partial charge in [0.15, 0.2) is 5.75 Å². The minimum absolute atomic E-state index is 0.0288. The van der Waals surface area contributed by atoms with E-state index in [0.717, 1.165) is 24.4 Å². The zero-order valence-corrected chi connectivity index (χ0v) is 11.5. The largest absolute Gasteiger partial charge is 0.493 e. The Morgan fingerprint density at radius 3 is 2.62 bits per heavy atom. The minimum atomic E-state index is -0.0288. The van der Waals surface area contributed by atoms with Crippen molar-refractivity contribution < 1.29 is 4.74 Å². The van der Waals surface area contributed by atoms with Crippen molar-refractivity contribution >= 4 is 11.6 Å². The van der Waals surface area contributed by atoms with Crippen LogP contribution in [-0.4, -0.2) is 22.3 Å². The third-order valence-corrected chi connectivity index (χ3v) is 2.91. The molecule has 0 aromatic carbocycles. The van der Waals surface area contributed by atoms with Gasteiger partial charge in [0.2, 0.25) is 0 Å². The van der Waals surface area contributed by atoms with E-state index in [0.29, 0.717) is 0 Å². The molecule has 1 atom stereocenters. The predicted octanol–water partition coefficient (Wildman–Crippen LogP) is 3.21. The molecule has 4 heteroatoms. The molecule has 16 heavy (non-hydrogen) atoms. The highest BCUT2D eigenvalue weighted by atomic mass is 35.5. The number of aromatic nitrogens is 2. The van der Waals surface area contributed by atoms with Gasteiger partial charge in [0, 0.05) is 17.3 Å². The number of alkyl halides is 1. The molecule has 0 aliphatic carbocycles. The predicted molar refractivity (Wildman–Crippen MR) is 67.4 cm³/mol. The van der Waals surface area contributed by atoms with Crippen molar-refractivity contribution in [2.75, 3.05) is 7.11 Å². The van der Waals surface area contributed by atoms with Gasteiger partial charge in [0.05, 0.1) is 19.0 Å². The molecule has 0 radical (unpaired) electrons. The van der Waals surface area contributed by atoms with E-state index in [1.165, 1.54) is 0 Å². The van der Waals surface area contributed by atoms with Crippen LogP contribution in [0.2, 0.25) is 0 Å². The van der Waals surface area contributed by atoms with E-state index < -0.39 is 0 Å². The van der Waals surface area contributed by atoms with Crippen LogP contribution < -0.4 is 4.74 Å². The van der Waals surface area contributed by atoms with Crippen LogP contribution in [-0.2, 0) is 12.0 Å². The Kier molecular flexibility index (Phi) is 4.25. The van der Waals surface area contributed by atoms with Crippen molar-refractivity contribution in [1.29, 1.82) is 0 Å². The molecule has 0 fully saturated rings. The molecule has 0 bridgehead atoms. The standard InChI is InChI=1S/C12H21ClN2O/c1-6-15-11(10(16-5)8-14-15)12(3,4)7-9(2)13/h8-9H,6-7H2,1-5H3. The van der Waals surface area contributed by atoms with Gasteiger partial charge in [-0.1, -0.05) is 13.8 Å². The smallest absolute Gasteiger partial charge is 0.160 e. The molecule has 1 rings (SSSR count). The molecule has 0 spiro atoms. The summed E-state index contributed by atoms with van der Waals surface area (Å²) < 4.78 is 7.35. The Bertz CT molecular complexity index is 323. The van der Waals surface area contributed by atoms with E-state index in [-0.39, 0.29) is 10.8 Å². The SMILES string of the molecule is CCn1ncc(OC)c1C(C)(C)CC(C)Cl. The highest BCUT2D eigenvalue weighted by Gasteiger charge is 2.30. The molecule has 92 valence electrons. The molecule has 0 amide bonds. The Hall–Kier alpha value is -0.700. The van der Waals surface area contributed by atoms with Crippen LogP contribution >= 0.6 is 11.6 Å². The third kappa shape index (κ3) is 2.70. The lowest BCUT2D eigenvalue weighted by Gasteiger charge is -2.27.